The molecule has 1 atom stereocenters. The topological polar surface area (TPSA) is 38.8 Å². The van der Waals surface area contributed by atoms with Crippen molar-refractivity contribution in [3.05, 3.63) is 70.8 Å². The van der Waals surface area contributed by atoms with Crippen molar-refractivity contribution in [1.29, 1.82) is 0 Å². The number of amides is 1. The van der Waals surface area contributed by atoms with Gasteiger partial charge in [0.15, 0.2) is 5.79 Å². The Bertz CT molecular complexity index is 963. The third-order valence-electron chi connectivity index (χ3n) is 6.30. The average molecular weight is 465 g/mol. The molecule has 2 fully saturated rings. The van der Waals surface area contributed by atoms with Gasteiger partial charge in [-0.3, -0.25) is 4.79 Å². The molecule has 0 aromatic heterocycles. The van der Waals surface area contributed by atoms with Crippen LogP contribution in [0.3, 0.4) is 0 Å². The fourth-order valence-corrected chi connectivity index (χ4v) is 4.56. The molecule has 0 N–H and O–H groups in total. The van der Waals surface area contributed by atoms with Crippen molar-refractivity contribution in [3.8, 4) is 0 Å². The van der Waals surface area contributed by atoms with Gasteiger partial charge in [-0.1, -0.05) is 30.3 Å². The van der Waals surface area contributed by atoms with E-state index in [0.717, 1.165) is 17.7 Å². The van der Waals surface area contributed by atoms with Gasteiger partial charge in [0.05, 0.1) is 18.8 Å². The zero-order valence-corrected chi connectivity index (χ0v) is 18.6. The van der Waals surface area contributed by atoms with Crippen LogP contribution in [0.25, 0.3) is 0 Å². The van der Waals surface area contributed by atoms with Crippen LogP contribution in [-0.2, 0) is 27.7 Å². The summed E-state index contributed by atoms with van der Waals surface area (Å²) in [4.78, 5) is 15.1. The zero-order valence-electron chi connectivity index (χ0n) is 18.6. The number of nitrogens with zero attached hydrogens (tertiary/aromatic N) is 1. The van der Waals surface area contributed by atoms with Crippen molar-refractivity contribution in [3.63, 3.8) is 0 Å². The molecule has 2 aromatic rings. The van der Waals surface area contributed by atoms with E-state index >= 15 is 0 Å². The Kier molecular flexibility index (Phi) is 6.26. The Labute approximate surface area is 190 Å². The third-order valence-corrected chi connectivity index (χ3v) is 6.30. The van der Waals surface area contributed by atoms with Crippen molar-refractivity contribution in [2.45, 2.75) is 56.8 Å². The molecule has 1 spiro atoms. The lowest BCUT2D eigenvalue weighted by molar-refractivity contribution is -0.191. The minimum atomic E-state index is -4.70. The second-order valence-corrected chi connectivity index (χ2v) is 9.17. The van der Waals surface area contributed by atoms with Gasteiger partial charge in [-0.2, -0.15) is 13.2 Å². The van der Waals surface area contributed by atoms with Crippen molar-refractivity contribution in [1.82, 2.24) is 4.90 Å². The second-order valence-electron chi connectivity index (χ2n) is 9.17. The minimum Gasteiger partial charge on any atom is -0.347 e. The number of halogens is 4. The molecule has 178 valence electrons. The van der Waals surface area contributed by atoms with E-state index in [0.29, 0.717) is 32.5 Å². The van der Waals surface area contributed by atoms with E-state index in [1.807, 2.05) is 30.3 Å². The van der Waals surface area contributed by atoms with Gasteiger partial charge in [-0.25, -0.2) is 4.39 Å². The summed E-state index contributed by atoms with van der Waals surface area (Å²) in [6, 6.07) is 12.0. The smallest absolute Gasteiger partial charge is 0.347 e. The number of benzene rings is 2. The van der Waals surface area contributed by atoms with E-state index in [4.69, 9.17) is 9.47 Å². The molecule has 2 aliphatic heterocycles. The van der Waals surface area contributed by atoms with Crippen LogP contribution in [-0.4, -0.2) is 42.4 Å². The van der Waals surface area contributed by atoms with E-state index in [2.05, 4.69) is 0 Å². The van der Waals surface area contributed by atoms with Crippen LogP contribution in [0.5, 0.6) is 0 Å². The summed E-state index contributed by atoms with van der Waals surface area (Å²) in [5.74, 6) is -1.34. The maximum Gasteiger partial charge on any atom is 0.416 e. The molecule has 1 unspecified atom stereocenters. The first kappa shape index (κ1) is 23.7. The largest absolute Gasteiger partial charge is 0.416 e. The standard InChI is InChI=1S/C25H27F4NO3/c1-23(2,26)19-13-18(14-20(15-19)25(27,28)29)22(31)30-9-8-24(32-10-11-33-24)16-21(30)12-17-6-4-3-5-7-17/h3-7,13-15,21H,8-12,16H2,1-2H3. The molecule has 0 radical (unpaired) electrons. The molecule has 4 nitrogen and oxygen atoms in total. The average Bonchev–Trinajstić information content (AvgIpc) is 3.20. The minimum absolute atomic E-state index is 0.173. The molecule has 33 heavy (non-hydrogen) atoms. The Hall–Kier alpha value is -2.45. The maximum absolute atomic E-state index is 14.6. The molecular formula is C25H27F4NO3. The predicted molar refractivity (Wildman–Crippen MR) is 114 cm³/mol. The maximum atomic E-state index is 14.6. The van der Waals surface area contributed by atoms with Gasteiger partial charge in [0.1, 0.15) is 5.67 Å². The van der Waals surface area contributed by atoms with Crippen LogP contribution in [0.15, 0.2) is 48.5 Å². The van der Waals surface area contributed by atoms with Gasteiger partial charge < -0.3 is 14.4 Å². The first-order chi connectivity index (χ1) is 15.5. The summed E-state index contributed by atoms with van der Waals surface area (Å²) in [5, 5.41) is 0. The van der Waals surface area contributed by atoms with Crippen molar-refractivity contribution in [2.75, 3.05) is 19.8 Å². The van der Waals surface area contributed by atoms with Crippen molar-refractivity contribution < 1.29 is 31.8 Å². The first-order valence-corrected chi connectivity index (χ1v) is 11.0. The molecule has 8 heteroatoms. The number of ether oxygens (including phenoxy) is 2. The summed E-state index contributed by atoms with van der Waals surface area (Å²) < 4.78 is 66.9. The number of carbonyl (C=O) groups excluding carboxylic acids is 1. The quantitative estimate of drug-likeness (QED) is 0.560. The zero-order chi connectivity index (χ0) is 23.9. The van der Waals surface area contributed by atoms with E-state index in [1.165, 1.54) is 19.9 Å². The van der Waals surface area contributed by atoms with Gasteiger partial charge in [-0.05, 0) is 49.6 Å². The fourth-order valence-electron chi connectivity index (χ4n) is 4.56. The normalized spacial score (nSPS) is 20.9. The Morgan fingerprint density at radius 1 is 1.03 bits per heavy atom. The van der Waals surface area contributed by atoms with Crippen LogP contribution < -0.4 is 0 Å². The van der Waals surface area contributed by atoms with Crippen LogP contribution in [0.1, 0.15) is 53.7 Å². The summed E-state index contributed by atoms with van der Waals surface area (Å²) in [5.41, 5.74) is -2.43. The van der Waals surface area contributed by atoms with Crippen LogP contribution in [0.2, 0.25) is 0 Å². The Morgan fingerprint density at radius 3 is 2.27 bits per heavy atom. The van der Waals surface area contributed by atoms with E-state index < -0.39 is 29.1 Å². The number of hydrogen-bond acceptors (Lipinski definition) is 3. The van der Waals surface area contributed by atoms with Crippen molar-refractivity contribution >= 4 is 5.91 Å². The molecule has 2 heterocycles. The number of likely N-dealkylation sites (tertiary alicyclic amines) is 1. The molecule has 2 saturated heterocycles. The molecular weight excluding hydrogens is 438 g/mol. The SMILES string of the molecule is CC(C)(F)c1cc(C(=O)N2CCC3(CC2Cc2ccccc2)OCCO3)cc(C(F)(F)F)c1. The molecule has 2 aliphatic rings. The van der Waals surface area contributed by atoms with E-state index in [-0.39, 0.29) is 23.7 Å². The Morgan fingerprint density at radius 2 is 1.67 bits per heavy atom. The molecule has 2 aromatic carbocycles. The molecule has 1 amide bonds. The lowest BCUT2D eigenvalue weighted by atomic mass is 9.89. The van der Waals surface area contributed by atoms with Crippen LogP contribution >= 0.6 is 0 Å². The third kappa shape index (κ3) is 5.22. The van der Waals surface area contributed by atoms with Gasteiger partial charge in [0, 0.05) is 31.0 Å². The number of hydrogen-bond donors (Lipinski definition) is 0. The first-order valence-electron chi connectivity index (χ1n) is 11.0. The van der Waals surface area contributed by atoms with E-state index in [1.54, 1.807) is 4.90 Å². The van der Waals surface area contributed by atoms with Crippen LogP contribution in [0, 0.1) is 0 Å². The number of carbonyl (C=O) groups is 1. The number of piperidine rings is 1. The van der Waals surface area contributed by atoms with Crippen LogP contribution in [0.4, 0.5) is 17.6 Å². The monoisotopic (exact) mass is 465 g/mol. The van der Waals surface area contributed by atoms with Gasteiger partial charge in [-0.15, -0.1) is 0 Å². The summed E-state index contributed by atoms with van der Waals surface area (Å²) in [6.07, 6.45) is -3.36. The highest BCUT2D eigenvalue weighted by atomic mass is 19.4. The van der Waals surface area contributed by atoms with Gasteiger partial charge >= 0.3 is 6.18 Å². The van der Waals surface area contributed by atoms with Gasteiger partial charge in [0.2, 0.25) is 0 Å². The number of rotatable bonds is 4. The summed E-state index contributed by atoms with van der Waals surface area (Å²) in [6.45, 7) is 3.55. The second kappa shape index (κ2) is 8.72. The highest BCUT2D eigenvalue weighted by Gasteiger charge is 2.46. The van der Waals surface area contributed by atoms with Gasteiger partial charge in [0.25, 0.3) is 5.91 Å². The highest BCUT2D eigenvalue weighted by molar-refractivity contribution is 5.95. The van der Waals surface area contributed by atoms with E-state index in [9.17, 15) is 22.4 Å². The lowest BCUT2D eigenvalue weighted by Gasteiger charge is -2.44. The predicted octanol–water partition coefficient (Wildman–Crippen LogP) is 5.50. The highest BCUT2D eigenvalue weighted by Crippen LogP contribution is 2.38. The summed E-state index contributed by atoms with van der Waals surface area (Å²) in [7, 11) is 0. The Balaban J connectivity index is 1.69. The lowest BCUT2D eigenvalue weighted by Crippen LogP contribution is -2.54. The molecule has 0 aliphatic carbocycles. The molecule has 4 rings (SSSR count). The molecule has 0 bridgehead atoms. The number of alkyl halides is 4. The fraction of sp³-hybridized carbons (Fsp3) is 0.480. The van der Waals surface area contributed by atoms with Crippen molar-refractivity contribution in [2.24, 2.45) is 0 Å². The summed E-state index contributed by atoms with van der Waals surface area (Å²) >= 11 is 0. The molecule has 0 saturated carbocycles.